The molecule has 0 aromatic rings. The van der Waals surface area contributed by atoms with Gasteiger partial charge in [-0.3, -0.25) is 0 Å². The number of aliphatic hydroxyl groups excluding tert-OH is 1. The Kier molecular flexibility index (Phi) is 2.65. The molecule has 16 heavy (non-hydrogen) atoms. The first kappa shape index (κ1) is 11.7. The molecule has 2 aliphatic heterocycles. The van der Waals surface area contributed by atoms with E-state index in [4.69, 9.17) is 4.74 Å². The van der Waals surface area contributed by atoms with Crippen LogP contribution in [0.5, 0.6) is 0 Å². The third-order valence-electron chi connectivity index (χ3n) is 3.55. The van der Waals surface area contributed by atoms with Crippen LogP contribution < -0.4 is 0 Å². The molecule has 4 atom stereocenters. The van der Waals surface area contributed by atoms with Gasteiger partial charge in [0.05, 0.1) is 6.10 Å². The molecule has 2 saturated heterocycles. The van der Waals surface area contributed by atoms with Crippen molar-refractivity contribution in [3.8, 4) is 0 Å². The smallest absolute Gasteiger partial charge is 0.410 e. The van der Waals surface area contributed by atoms with Crippen molar-refractivity contribution in [3.05, 3.63) is 0 Å². The summed E-state index contributed by atoms with van der Waals surface area (Å²) in [6, 6.07) is 0.194. The van der Waals surface area contributed by atoms with Crippen LogP contribution in [0, 0.1) is 11.8 Å². The Balaban J connectivity index is 1.96. The van der Waals surface area contributed by atoms with Gasteiger partial charge >= 0.3 is 6.09 Å². The van der Waals surface area contributed by atoms with Gasteiger partial charge in [-0.05, 0) is 40.0 Å². The van der Waals surface area contributed by atoms with Gasteiger partial charge in [-0.15, -0.1) is 0 Å². The fourth-order valence-corrected chi connectivity index (χ4v) is 2.91. The van der Waals surface area contributed by atoms with Gasteiger partial charge < -0.3 is 14.7 Å². The molecule has 1 amide bonds. The molecule has 1 saturated carbocycles. The molecular formula is C12H21NO3. The van der Waals surface area contributed by atoms with E-state index in [2.05, 4.69) is 0 Å². The summed E-state index contributed by atoms with van der Waals surface area (Å²) in [6.45, 7) is 8.17. The number of nitrogens with zero attached hydrogens (tertiary/aromatic N) is 1. The van der Waals surface area contributed by atoms with Crippen LogP contribution in [0.15, 0.2) is 0 Å². The van der Waals surface area contributed by atoms with Crippen molar-refractivity contribution in [3.63, 3.8) is 0 Å². The van der Waals surface area contributed by atoms with Crippen LogP contribution in [-0.2, 0) is 4.74 Å². The number of aliphatic hydroxyl groups is 1. The summed E-state index contributed by atoms with van der Waals surface area (Å²) < 4.78 is 5.35. The first-order valence-corrected chi connectivity index (χ1v) is 5.97. The molecule has 0 aromatic carbocycles. The van der Waals surface area contributed by atoms with Gasteiger partial charge in [0.15, 0.2) is 0 Å². The summed E-state index contributed by atoms with van der Waals surface area (Å²) in [5, 5.41) is 9.61. The molecule has 0 unspecified atom stereocenters. The lowest BCUT2D eigenvalue weighted by molar-refractivity contribution is 0.000963. The molecule has 0 radical (unpaired) electrons. The van der Waals surface area contributed by atoms with Gasteiger partial charge in [0, 0.05) is 18.5 Å². The Labute approximate surface area is 96.6 Å². The predicted molar refractivity (Wildman–Crippen MR) is 60.0 cm³/mol. The van der Waals surface area contributed by atoms with Gasteiger partial charge in [-0.2, -0.15) is 0 Å². The number of hydrogen-bond donors (Lipinski definition) is 1. The maximum atomic E-state index is 11.9. The minimum absolute atomic E-state index is 0.194. The van der Waals surface area contributed by atoms with Crippen LogP contribution >= 0.6 is 0 Å². The molecule has 4 nitrogen and oxygen atoms in total. The number of rotatable bonds is 1. The van der Waals surface area contributed by atoms with Gasteiger partial charge in [0.25, 0.3) is 0 Å². The maximum Gasteiger partial charge on any atom is 0.410 e. The summed E-state index contributed by atoms with van der Waals surface area (Å²) in [6.07, 6.45) is 0.466. The second-order valence-electron chi connectivity index (χ2n) is 6.01. The number of carbonyl (C=O) groups excluding carboxylic acids is 1. The van der Waals surface area contributed by atoms with Crippen molar-refractivity contribution in [2.24, 2.45) is 11.8 Å². The average Bonchev–Trinajstić information content (AvgIpc) is 2.53. The van der Waals surface area contributed by atoms with Crippen LogP contribution in [0.2, 0.25) is 0 Å². The van der Waals surface area contributed by atoms with Crippen molar-refractivity contribution in [1.29, 1.82) is 0 Å². The summed E-state index contributed by atoms with van der Waals surface area (Å²) in [5.41, 5.74) is -0.440. The van der Waals surface area contributed by atoms with E-state index >= 15 is 0 Å². The minimum Gasteiger partial charge on any atom is -0.444 e. The molecule has 3 rings (SSSR count). The topological polar surface area (TPSA) is 49.8 Å². The lowest BCUT2D eigenvalue weighted by Gasteiger charge is -2.38. The Bertz CT molecular complexity index is 295. The minimum atomic E-state index is -0.440. The van der Waals surface area contributed by atoms with Crippen LogP contribution in [0.4, 0.5) is 4.79 Å². The first-order valence-electron chi connectivity index (χ1n) is 5.97. The van der Waals surface area contributed by atoms with E-state index in [0.29, 0.717) is 5.92 Å². The second kappa shape index (κ2) is 3.62. The van der Waals surface area contributed by atoms with Gasteiger partial charge in [0.1, 0.15) is 5.60 Å². The van der Waals surface area contributed by atoms with E-state index in [-0.39, 0.29) is 24.2 Å². The van der Waals surface area contributed by atoms with E-state index in [1.54, 1.807) is 4.90 Å². The van der Waals surface area contributed by atoms with Crippen LogP contribution in [0.1, 0.15) is 34.1 Å². The van der Waals surface area contributed by atoms with E-state index in [1.807, 2.05) is 27.7 Å². The summed E-state index contributed by atoms with van der Waals surface area (Å²) in [4.78, 5) is 13.7. The largest absolute Gasteiger partial charge is 0.444 e. The van der Waals surface area contributed by atoms with Crippen molar-refractivity contribution in [2.45, 2.75) is 51.9 Å². The van der Waals surface area contributed by atoms with Crippen molar-refractivity contribution in [1.82, 2.24) is 4.90 Å². The van der Waals surface area contributed by atoms with Crippen molar-refractivity contribution < 1.29 is 14.6 Å². The fraction of sp³-hybridized carbons (Fsp3) is 0.917. The Morgan fingerprint density at radius 1 is 1.50 bits per heavy atom. The molecule has 2 bridgehead atoms. The zero-order chi connectivity index (χ0) is 12.1. The quantitative estimate of drug-likeness (QED) is 0.740. The number of amides is 1. The third-order valence-corrected chi connectivity index (χ3v) is 3.55. The van der Waals surface area contributed by atoms with Crippen LogP contribution in [-0.4, -0.2) is 40.4 Å². The highest BCUT2D eigenvalue weighted by Gasteiger charge is 2.56. The molecule has 1 aliphatic carbocycles. The molecule has 2 heterocycles. The molecule has 3 fully saturated rings. The molecular weight excluding hydrogens is 206 g/mol. The zero-order valence-electron chi connectivity index (χ0n) is 10.4. The molecule has 0 spiro atoms. The predicted octanol–water partition coefficient (Wildman–Crippen LogP) is 1.62. The van der Waals surface area contributed by atoms with Gasteiger partial charge in [-0.25, -0.2) is 4.79 Å². The highest BCUT2D eigenvalue weighted by molar-refractivity contribution is 5.69. The molecule has 0 aromatic heterocycles. The third kappa shape index (κ3) is 1.90. The Morgan fingerprint density at radius 2 is 2.12 bits per heavy atom. The Morgan fingerprint density at radius 3 is 2.56 bits per heavy atom. The molecule has 4 heteroatoms. The second-order valence-corrected chi connectivity index (χ2v) is 6.01. The SMILES string of the molecule is C[C@@H](O)[C@@H]1[C@H]2C[C@H]1N(C(=O)OC(C)(C)C)C2. The molecule has 1 N–H and O–H groups in total. The first-order chi connectivity index (χ1) is 7.29. The fourth-order valence-electron chi connectivity index (χ4n) is 2.91. The number of hydrogen-bond acceptors (Lipinski definition) is 3. The standard InChI is InChI=1S/C12H21NO3/c1-7(14)10-8-5-9(10)13(6-8)11(15)16-12(2,3)4/h7-10,14H,5-6H2,1-4H3/t7-,8+,9-,10-/m1/s1. The van der Waals surface area contributed by atoms with Crippen LogP contribution in [0.25, 0.3) is 0 Å². The normalized spacial score (nSPS) is 34.6. The van der Waals surface area contributed by atoms with Crippen molar-refractivity contribution >= 4 is 6.09 Å². The van der Waals surface area contributed by atoms with Gasteiger partial charge in [-0.1, -0.05) is 0 Å². The van der Waals surface area contributed by atoms with Crippen LogP contribution in [0.3, 0.4) is 0 Å². The highest BCUT2D eigenvalue weighted by atomic mass is 16.6. The Hall–Kier alpha value is -0.770. The lowest BCUT2D eigenvalue weighted by Crippen LogP contribution is -2.47. The highest BCUT2D eigenvalue weighted by Crippen LogP contribution is 2.48. The summed E-state index contributed by atoms with van der Waals surface area (Å²) >= 11 is 0. The average molecular weight is 227 g/mol. The molecule has 3 aliphatic rings. The van der Waals surface area contributed by atoms with Crippen molar-refractivity contribution in [2.75, 3.05) is 6.54 Å². The number of fused-ring (bicyclic) bond motifs is 1. The lowest BCUT2D eigenvalue weighted by atomic mass is 9.71. The number of ether oxygens (including phenoxy) is 1. The van der Waals surface area contributed by atoms with E-state index in [1.165, 1.54) is 0 Å². The van der Waals surface area contributed by atoms with E-state index in [0.717, 1.165) is 13.0 Å². The summed E-state index contributed by atoms with van der Waals surface area (Å²) in [7, 11) is 0. The summed E-state index contributed by atoms with van der Waals surface area (Å²) in [5.74, 6) is 0.727. The molecule has 92 valence electrons. The van der Waals surface area contributed by atoms with Gasteiger partial charge in [0.2, 0.25) is 0 Å². The van der Waals surface area contributed by atoms with E-state index in [9.17, 15) is 9.90 Å². The number of carbonyl (C=O) groups is 1. The monoisotopic (exact) mass is 227 g/mol. The maximum absolute atomic E-state index is 11.9. The zero-order valence-corrected chi connectivity index (χ0v) is 10.4. The van der Waals surface area contributed by atoms with E-state index < -0.39 is 5.60 Å².